The molecule has 0 aliphatic rings. The first-order chi connectivity index (χ1) is 5.81. The lowest BCUT2D eigenvalue weighted by Gasteiger charge is -1.86. The van der Waals surface area contributed by atoms with Crippen LogP contribution in [0, 0.1) is 23.7 Å². The van der Waals surface area contributed by atoms with E-state index in [0.717, 1.165) is 0 Å². The Kier molecular flexibility index (Phi) is 6.68. The van der Waals surface area contributed by atoms with E-state index in [0.29, 0.717) is 0 Å². The number of hydrogen-bond donors (Lipinski definition) is 2. The summed E-state index contributed by atoms with van der Waals surface area (Å²) < 4.78 is 0. The Morgan fingerprint density at radius 2 is 2.17 bits per heavy atom. The summed E-state index contributed by atoms with van der Waals surface area (Å²) in [5, 5.41) is 17.1. The standard InChI is InChI=1S/C10H10O2/c1-2-10(12)8-6-4-3-5-7-9-11/h2,5,7,10-12H,1,9H2/b7-5-. The molecule has 0 saturated heterocycles. The molecule has 1 unspecified atom stereocenters. The van der Waals surface area contributed by atoms with Gasteiger partial charge in [0.2, 0.25) is 0 Å². The van der Waals surface area contributed by atoms with Crippen LogP contribution in [0.15, 0.2) is 24.8 Å². The van der Waals surface area contributed by atoms with Gasteiger partial charge in [0.25, 0.3) is 0 Å². The highest BCUT2D eigenvalue weighted by atomic mass is 16.3. The summed E-state index contributed by atoms with van der Waals surface area (Å²) in [5.41, 5.74) is 0. The minimum Gasteiger partial charge on any atom is -0.392 e. The third kappa shape index (κ3) is 6.64. The molecule has 0 rings (SSSR count). The molecular weight excluding hydrogens is 152 g/mol. The van der Waals surface area contributed by atoms with Gasteiger partial charge in [-0.3, -0.25) is 0 Å². The van der Waals surface area contributed by atoms with Gasteiger partial charge in [-0.05, 0) is 17.9 Å². The molecule has 0 radical (unpaired) electrons. The number of allylic oxidation sites excluding steroid dienone is 1. The highest BCUT2D eigenvalue weighted by molar-refractivity contribution is 5.32. The molecule has 0 bridgehead atoms. The molecule has 0 aromatic rings. The maximum absolute atomic E-state index is 8.84. The van der Waals surface area contributed by atoms with Gasteiger partial charge in [0.05, 0.1) is 6.61 Å². The highest BCUT2D eigenvalue weighted by Crippen LogP contribution is 1.76. The summed E-state index contributed by atoms with van der Waals surface area (Å²) in [6, 6.07) is 0. The fourth-order valence-electron chi connectivity index (χ4n) is 0.358. The van der Waals surface area contributed by atoms with E-state index >= 15 is 0 Å². The van der Waals surface area contributed by atoms with E-state index in [1.807, 2.05) is 0 Å². The quantitative estimate of drug-likeness (QED) is 0.446. The van der Waals surface area contributed by atoms with Gasteiger partial charge in [-0.2, -0.15) is 0 Å². The predicted octanol–water partition coefficient (Wildman–Crippen LogP) is 0.0886. The SMILES string of the molecule is C=CC(O)C#CC#C/C=C\CO. The lowest BCUT2D eigenvalue weighted by Crippen LogP contribution is -1.94. The van der Waals surface area contributed by atoms with Gasteiger partial charge in [0.1, 0.15) is 6.10 Å². The van der Waals surface area contributed by atoms with Crippen LogP contribution in [0.5, 0.6) is 0 Å². The van der Waals surface area contributed by atoms with Crippen LogP contribution in [0.1, 0.15) is 0 Å². The molecule has 2 N–H and O–H groups in total. The van der Waals surface area contributed by atoms with Crippen LogP contribution in [-0.2, 0) is 0 Å². The topological polar surface area (TPSA) is 40.5 Å². The summed E-state index contributed by atoms with van der Waals surface area (Å²) in [4.78, 5) is 0. The Hall–Kier alpha value is -1.48. The molecule has 2 heteroatoms. The predicted molar refractivity (Wildman–Crippen MR) is 48.0 cm³/mol. The van der Waals surface area contributed by atoms with Gasteiger partial charge in [0, 0.05) is 0 Å². The van der Waals surface area contributed by atoms with Gasteiger partial charge >= 0.3 is 0 Å². The molecule has 0 heterocycles. The Labute approximate surface area is 72.2 Å². The number of aliphatic hydroxyl groups excluding tert-OH is 2. The van der Waals surface area contributed by atoms with Crippen LogP contribution in [0.4, 0.5) is 0 Å². The Balaban J connectivity index is 3.88. The first-order valence-corrected chi connectivity index (χ1v) is 3.38. The van der Waals surface area contributed by atoms with Crippen molar-refractivity contribution in [3.8, 4) is 23.7 Å². The Bertz CT molecular complexity index is 268. The van der Waals surface area contributed by atoms with Gasteiger partial charge in [-0.25, -0.2) is 0 Å². The fraction of sp³-hybridized carbons (Fsp3) is 0.200. The largest absolute Gasteiger partial charge is 0.392 e. The first-order valence-electron chi connectivity index (χ1n) is 3.38. The molecular formula is C10H10O2. The van der Waals surface area contributed by atoms with Crippen LogP contribution in [0.3, 0.4) is 0 Å². The second kappa shape index (κ2) is 7.63. The van der Waals surface area contributed by atoms with E-state index in [4.69, 9.17) is 10.2 Å². The van der Waals surface area contributed by atoms with Gasteiger partial charge in [-0.1, -0.05) is 30.6 Å². The van der Waals surface area contributed by atoms with Crippen LogP contribution >= 0.6 is 0 Å². The Morgan fingerprint density at radius 1 is 1.42 bits per heavy atom. The lowest BCUT2D eigenvalue weighted by atomic mass is 10.3. The summed E-state index contributed by atoms with van der Waals surface area (Å²) in [6.45, 7) is 3.31. The van der Waals surface area contributed by atoms with Crippen molar-refractivity contribution in [3.63, 3.8) is 0 Å². The number of aliphatic hydroxyl groups is 2. The third-order valence-corrected chi connectivity index (χ3v) is 0.885. The monoisotopic (exact) mass is 162 g/mol. The van der Waals surface area contributed by atoms with Crippen LogP contribution in [-0.4, -0.2) is 22.9 Å². The number of hydrogen-bond acceptors (Lipinski definition) is 2. The van der Waals surface area contributed by atoms with Gasteiger partial charge in [-0.15, -0.1) is 0 Å². The van der Waals surface area contributed by atoms with E-state index in [9.17, 15) is 0 Å². The van der Waals surface area contributed by atoms with Crippen molar-refractivity contribution in [1.29, 1.82) is 0 Å². The summed E-state index contributed by atoms with van der Waals surface area (Å²) in [5.74, 6) is 9.88. The fourth-order valence-corrected chi connectivity index (χ4v) is 0.358. The van der Waals surface area contributed by atoms with Crippen LogP contribution in [0.25, 0.3) is 0 Å². The molecule has 0 amide bonds. The molecule has 0 fully saturated rings. The van der Waals surface area contributed by atoms with Crippen molar-refractivity contribution in [1.82, 2.24) is 0 Å². The van der Waals surface area contributed by atoms with Crippen molar-refractivity contribution in [2.45, 2.75) is 6.10 Å². The molecule has 62 valence electrons. The van der Waals surface area contributed by atoms with E-state index in [-0.39, 0.29) is 6.61 Å². The average Bonchev–Trinajstić information content (AvgIpc) is 2.10. The van der Waals surface area contributed by atoms with Gasteiger partial charge < -0.3 is 10.2 Å². The number of rotatable bonds is 2. The maximum atomic E-state index is 8.84. The lowest BCUT2D eigenvalue weighted by molar-refractivity contribution is 0.281. The molecule has 0 aliphatic carbocycles. The third-order valence-electron chi connectivity index (χ3n) is 0.885. The van der Waals surface area contributed by atoms with Crippen molar-refractivity contribution in [2.75, 3.05) is 6.61 Å². The van der Waals surface area contributed by atoms with E-state index in [2.05, 4.69) is 30.3 Å². The van der Waals surface area contributed by atoms with E-state index in [1.54, 1.807) is 0 Å². The minimum atomic E-state index is -0.818. The van der Waals surface area contributed by atoms with Crippen molar-refractivity contribution >= 4 is 0 Å². The molecule has 0 aromatic carbocycles. The zero-order valence-corrected chi connectivity index (χ0v) is 6.62. The molecule has 0 aliphatic heterocycles. The molecule has 2 nitrogen and oxygen atoms in total. The molecule has 1 atom stereocenters. The van der Waals surface area contributed by atoms with Crippen molar-refractivity contribution in [2.24, 2.45) is 0 Å². The first kappa shape index (κ1) is 10.5. The normalized spacial score (nSPS) is 10.8. The Morgan fingerprint density at radius 3 is 2.75 bits per heavy atom. The zero-order valence-electron chi connectivity index (χ0n) is 6.62. The van der Waals surface area contributed by atoms with Crippen LogP contribution < -0.4 is 0 Å². The zero-order chi connectivity index (χ0) is 9.23. The van der Waals surface area contributed by atoms with Crippen LogP contribution in [0.2, 0.25) is 0 Å². The molecule has 0 saturated carbocycles. The summed E-state index contributed by atoms with van der Waals surface area (Å²) >= 11 is 0. The van der Waals surface area contributed by atoms with E-state index < -0.39 is 6.10 Å². The van der Waals surface area contributed by atoms with E-state index in [1.165, 1.54) is 18.2 Å². The van der Waals surface area contributed by atoms with Crippen molar-refractivity contribution < 1.29 is 10.2 Å². The van der Waals surface area contributed by atoms with Gasteiger partial charge in [0.15, 0.2) is 0 Å². The van der Waals surface area contributed by atoms with Crippen molar-refractivity contribution in [3.05, 3.63) is 24.8 Å². The smallest absolute Gasteiger partial charge is 0.134 e. The summed E-state index contributed by atoms with van der Waals surface area (Å²) in [6.07, 6.45) is 3.49. The average molecular weight is 162 g/mol. The maximum Gasteiger partial charge on any atom is 0.134 e. The summed E-state index contributed by atoms with van der Waals surface area (Å²) in [7, 11) is 0. The minimum absolute atomic E-state index is 0.0304. The second-order valence-electron chi connectivity index (χ2n) is 1.80. The molecule has 12 heavy (non-hydrogen) atoms. The molecule has 0 spiro atoms. The highest BCUT2D eigenvalue weighted by Gasteiger charge is 1.83. The second-order valence-corrected chi connectivity index (χ2v) is 1.80. The molecule has 0 aromatic heterocycles.